The Kier molecular flexibility index (Phi) is 2.95. The lowest BCUT2D eigenvalue weighted by atomic mass is 10.1. The van der Waals surface area contributed by atoms with Crippen molar-refractivity contribution >= 4 is 0 Å². The minimum Gasteiger partial charge on any atom is -0.394 e. The average molecular weight is 187 g/mol. The summed E-state index contributed by atoms with van der Waals surface area (Å²) in [6, 6.07) is 1.95. The molecule has 4 heteroatoms. The lowest BCUT2D eigenvalue weighted by Crippen LogP contribution is -2.17. The van der Waals surface area contributed by atoms with Gasteiger partial charge in [0.15, 0.2) is 11.6 Å². The molecule has 3 N–H and O–H groups in total. The maximum Gasteiger partial charge on any atom is 0.163 e. The Hall–Kier alpha value is -1.00. The highest BCUT2D eigenvalue weighted by atomic mass is 19.2. The molecule has 1 atom stereocenters. The first-order chi connectivity index (χ1) is 6.07. The molecule has 0 aliphatic carbocycles. The highest BCUT2D eigenvalue weighted by Crippen LogP contribution is 2.19. The van der Waals surface area contributed by atoms with E-state index in [1.54, 1.807) is 0 Å². The third-order valence-corrected chi connectivity index (χ3v) is 1.90. The molecule has 0 spiro atoms. The zero-order valence-corrected chi connectivity index (χ0v) is 7.22. The van der Waals surface area contributed by atoms with Crippen molar-refractivity contribution in [2.75, 3.05) is 6.61 Å². The third kappa shape index (κ3) is 1.84. The van der Waals surface area contributed by atoms with Crippen LogP contribution >= 0.6 is 0 Å². The van der Waals surface area contributed by atoms with Gasteiger partial charge in [-0.25, -0.2) is 8.78 Å². The molecule has 72 valence electrons. The first kappa shape index (κ1) is 10.1. The van der Waals surface area contributed by atoms with Crippen LogP contribution in [0.2, 0.25) is 0 Å². The summed E-state index contributed by atoms with van der Waals surface area (Å²) in [5.74, 6) is -1.87. The summed E-state index contributed by atoms with van der Waals surface area (Å²) in [4.78, 5) is 0. The van der Waals surface area contributed by atoms with Gasteiger partial charge in [-0.3, -0.25) is 0 Å². The van der Waals surface area contributed by atoms with Gasteiger partial charge in [0.05, 0.1) is 12.6 Å². The molecule has 0 aliphatic heterocycles. The van der Waals surface area contributed by atoms with E-state index in [1.165, 1.54) is 19.1 Å². The Balaban J connectivity index is 3.18. The number of nitrogens with two attached hydrogens (primary N) is 1. The van der Waals surface area contributed by atoms with Crippen LogP contribution in [0.5, 0.6) is 0 Å². The first-order valence-corrected chi connectivity index (χ1v) is 3.89. The molecule has 0 radical (unpaired) electrons. The summed E-state index contributed by atoms with van der Waals surface area (Å²) in [5, 5.41) is 8.66. The molecular weight excluding hydrogens is 176 g/mol. The molecule has 1 aromatic carbocycles. The van der Waals surface area contributed by atoms with Crippen LogP contribution < -0.4 is 5.73 Å². The molecule has 13 heavy (non-hydrogen) atoms. The molecule has 2 nitrogen and oxygen atoms in total. The van der Waals surface area contributed by atoms with Crippen molar-refractivity contribution in [3.8, 4) is 0 Å². The summed E-state index contributed by atoms with van der Waals surface area (Å²) >= 11 is 0. The summed E-state index contributed by atoms with van der Waals surface area (Å²) in [6.45, 7) is 1.06. The second-order valence-corrected chi connectivity index (χ2v) is 2.89. The van der Waals surface area contributed by atoms with Gasteiger partial charge in [-0.2, -0.15) is 0 Å². The number of hydrogen-bond donors (Lipinski definition) is 2. The number of hydrogen-bond acceptors (Lipinski definition) is 2. The summed E-state index contributed by atoms with van der Waals surface area (Å²) in [7, 11) is 0. The molecule has 1 aromatic rings. The predicted molar refractivity (Wildman–Crippen MR) is 45.1 cm³/mol. The minimum absolute atomic E-state index is 0.00519. The fraction of sp³-hybridized carbons (Fsp3) is 0.333. The molecule has 0 saturated carbocycles. The standard InChI is InChI=1S/C9H11F2NO/c1-5-2-3-6(7(12)4-13)9(11)8(5)10/h2-3,7,13H,4,12H2,1H3/t7-/m0/s1. The van der Waals surface area contributed by atoms with E-state index in [2.05, 4.69) is 0 Å². The molecule has 0 heterocycles. The third-order valence-electron chi connectivity index (χ3n) is 1.90. The van der Waals surface area contributed by atoms with Crippen molar-refractivity contribution in [3.05, 3.63) is 34.9 Å². The smallest absolute Gasteiger partial charge is 0.163 e. The molecule has 1 rings (SSSR count). The fourth-order valence-electron chi connectivity index (χ4n) is 1.05. The van der Waals surface area contributed by atoms with Gasteiger partial charge in [0.25, 0.3) is 0 Å². The molecule has 0 aromatic heterocycles. The van der Waals surface area contributed by atoms with Crippen molar-refractivity contribution in [1.29, 1.82) is 0 Å². The van der Waals surface area contributed by atoms with Gasteiger partial charge in [0.1, 0.15) is 0 Å². The second-order valence-electron chi connectivity index (χ2n) is 2.89. The molecular formula is C9H11F2NO. The van der Waals surface area contributed by atoms with Crippen LogP contribution in [0, 0.1) is 18.6 Å². The second kappa shape index (κ2) is 3.81. The number of benzene rings is 1. The minimum atomic E-state index is -0.971. The van der Waals surface area contributed by atoms with Gasteiger partial charge in [-0.05, 0) is 12.5 Å². The van der Waals surface area contributed by atoms with Crippen LogP contribution in [0.15, 0.2) is 12.1 Å². The fourth-order valence-corrected chi connectivity index (χ4v) is 1.05. The largest absolute Gasteiger partial charge is 0.394 e. The average Bonchev–Trinajstić information content (AvgIpc) is 2.13. The SMILES string of the molecule is Cc1ccc([C@@H](N)CO)c(F)c1F. The van der Waals surface area contributed by atoms with Crippen molar-refractivity contribution in [3.63, 3.8) is 0 Å². The van der Waals surface area contributed by atoms with Crippen LogP contribution in [0.3, 0.4) is 0 Å². The van der Waals surface area contributed by atoms with Gasteiger partial charge in [0.2, 0.25) is 0 Å². The molecule has 0 amide bonds. The van der Waals surface area contributed by atoms with Crippen LogP contribution in [-0.2, 0) is 0 Å². The number of halogens is 2. The van der Waals surface area contributed by atoms with Gasteiger partial charge in [-0.1, -0.05) is 12.1 Å². The maximum atomic E-state index is 13.1. The van der Waals surface area contributed by atoms with E-state index >= 15 is 0 Å². The quantitative estimate of drug-likeness (QED) is 0.732. The topological polar surface area (TPSA) is 46.2 Å². The van der Waals surface area contributed by atoms with E-state index in [4.69, 9.17) is 10.8 Å². The monoisotopic (exact) mass is 187 g/mol. The number of rotatable bonds is 2. The van der Waals surface area contributed by atoms with Gasteiger partial charge in [0, 0.05) is 5.56 Å². The maximum absolute atomic E-state index is 13.1. The van der Waals surface area contributed by atoms with Crippen LogP contribution in [0.4, 0.5) is 8.78 Å². The lowest BCUT2D eigenvalue weighted by Gasteiger charge is -2.10. The van der Waals surface area contributed by atoms with Crippen molar-refractivity contribution in [2.45, 2.75) is 13.0 Å². The van der Waals surface area contributed by atoms with Crippen LogP contribution in [-0.4, -0.2) is 11.7 Å². The van der Waals surface area contributed by atoms with Gasteiger partial charge >= 0.3 is 0 Å². The Morgan fingerprint density at radius 3 is 2.54 bits per heavy atom. The zero-order chi connectivity index (χ0) is 10.0. The summed E-state index contributed by atoms with van der Waals surface area (Å²) in [5.41, 5.74) is 5.59. The number of aliphatic hydroxyl groups excluding tert-OH is 1. The normalized spacial score (nSPS) is 13.0. The van der Waals surface area contributed by atoms with Crippen molar-refractivity contribution in [2.24, 2.45) is 5.73 Å². The van der Waals surface area contributed by atoms with E-state index in [1.807, 2.05) is 0 Å². The predicted octanol–water partition coefficient (Wildman–Crippen LogP) is 1.27. The van der Waals surface area contributed by atoms with Crippen LogP contribution in [0.25, 0.3) is 0 Å². The first-order valence-electron chi connectivity index (χ1n) is 3.89. The molecule has 0 unspecified atom stereocenters. The molecule has 0 aliphatic rings. The Bertz CT molecular complexity index is 315. The van der Waals surface area contributed by atoms with E-state index in [0.29, 0.717) is 0 Å². The number of aliphatic hydroxyl groups is 1. The molecule has 0 bridgehead atoms. The van der Waals surface area contributed by atoms with Crippen LogP contribution in [0.1, 0.15) is 17.2 Å². The van der Waals surface area contributed by atoms with Crippen molar-refractivity contribution in [1.82, 2.24) is 0 Å². The highest BCUT2D eigenvalue weighted by Gasteiger charge is 2.15. The van der Waals surface area contributed by atoms with Gasteiger partial charge in [-0.15, -0.1) is 0 Å². The molecule has 0 saturated heterocycles. The molecule has 0 fully saturated rings. The van der Waals surface area contributed by atoms with E-state index < -0.39 is 24.3 Å². The van der Waals surface area contributed by atoms with Gasteiger partial charge < -0.3 is 10.8 Å². The highest BCUT2D eigenvalue weighted by molar-refractivity contribution is 5.27. The zero-order valence-electron chi connectivity index (χ0n) is 7.22. The van der Waals surface area contributed by atoms with E-state index in [9.17, 15) is 8.78 Å². The van der Waals surface area contributed by atoms with Crippen molar-refractivity contribution < 1.29 is 13.9 Å². The number of aryl methyl sites for hydroxylation is 1. The summed E-state index contributed by atoms with van der Waals surface area (Å²) < 4.78 is 26.1. The lowest BCUT2D eigenvalue weighted by molar-refractivity contribution is 0.264. The summed E-state index contributed by atoms with van der Waals surface area (Å²) in [6.07, 6.45) is 0. The Morgan fingerprint density at radius 1 is 1.38 bits per heavy atom. The Morgan fingerprint density at radius 2 is 2.00 bits per heavy atom. The Labute approximate surface area is 75.0 Å². The van der Waals surface area contributed by atoms with E-state index in [-0.39, 0.29) is 11.1 Å². The van der Waals surface area contributed by atoms with E-state index in [0.717, 1.165) is 0 Å².